The van der Waals surface area contributed by atoms with Crippen LogP contribution in [0.3, 0.4) is 0 Å². The Balaban J connectivity index is 4.47. The summed E-state index contributed by atoms with van der Waals surface area (Å²) < 4.78 is 38.1. The van der Waals surface area contributed by atoms with E-state index in [1.54, 1.807) is 0 Å². The Morgan fingerprint density at radius 3 is 1.72 bits per heavy atom. The van der Waals surface area contributed by atoms with Gasteiger partial charge in [-0.25, -0.2) is 4.57 Å². The number of carbonyl (C=O) groups excluding carboxylic acids is 4. The molecule has 0 bridgehead atoms. The molecule has 14 heteroatoms. The predicted molar refractivity (Wildman–Crippen MR) is 179 cm³/mol. The first-order valence-electron chi connectivity index (χ1n) is 17.7. The Kier molecular flexibility index (Phi) is 29.9. The third-order valence-corrected chi connectivity index (χ3v) is 8.25. The Morgan fingerprint density at radius 1 is 0.660 bits per heavy atom. The monoisotopic (exact) mass is 694 g/mol. The topological polar surface area (TPSA) is 190 Å². The number of nitrogens with one attached hydrogen (secondary N) is 1. The maximum absolute atomic E-state index is 12.4. The summed E-state index contributed by atoms with van der Waals surface area (Å²) in [5.41, 5.74) is 5.01. The van der Waals surface area contributed by atoms with Gasteiger partial charge in [0.15, 0.2) is 6.10 Å². The van der Waals surface area contributed by atoms with Crippen LogP contribution in [0.5, 0.6) is 0 Å². The molecule has 0 radical (unpaired) electrons. The van der Waals surface area contributed by atoms with E-state index in [0.717, 1.165) is 44.9 Å². The Morgan fingerprint density at radius 2 is 1.17 bits per heavy atom. The molecule has 0 saturated heterocycles. The summed E-state index contributed by atoms with van der Waals surface area (Å²) in [5.74, 6) is -1.82. The van der Waals surface area contributed by atoms with Crippen molar-refractivity contribution in [3.05, 3.63) is 0 Å². The van der Waals surface area contributed by atoms with Gasteiger partial charge in [-0.2, -0.15) is 0 Å². The van der Waals surface area contributed by atoms with Crippen LogP contribution in [0.25, 0.3) is 0 Å². The third-order valence-electron chi connectivity index (χ3n) is 7.27. The second-order valence-electron chi connectivity index (χ2n) is 11.8. The second kappa shape index (κ2) is 31.2. The van der Waals surface area contributed by atoms with Crippen LogP contribution in [0, 0.1) is 0 Å². The van der Waals surface area contributed by atoms with E-state index in [1.807, 2.05) is 0 Å². The van der Waals surface area contributed by atoms with Crippen molar-refractivity contribution in [2.75, 3.05) is 39.6 Å². The van der Waals surface area contributed by atoms with Crippen molar-refractivity contribution in [2.24, 2.45) is 5.73 Å². The van der Waals surface area contributed by atoms with Gasteiger partial charge < -0.3 is 30.2 Å². The molecule has 0 heterocycles. The fourth-order valence-electron chi connectivity index (χ4n) is 4.52. The van der Waals surface area contributed by atoms with E-state index in [4.69, 9.17) is 29.0 Å². The van der Waals surface area contributed by atoms with Crippen molar-refractivity contribution in [3.63, 3.8) is 0 Å². The second-order valence-corrected chi connectivity index (χ2v) is 13.2. The number of carbonyl (C=O) groups is 4. The first-order chi connectivity index (χ1) is 22.6. The predicted octanol–water partition coefficient (Wildman–Crippen LogP) is 6.03. The van der Waals surface area contributed by atoms with Gasteiger partial charge in [0, 0.05) is 32.2 Å². The van der Waals surface area contributed by atoms with Crippen LogP contribution in [0.15, 0.2) is 0 Å². The third kappa shape index (κ3) is 32.3. The Bertz CT molecular complexity index is 876. The molecule has 47 heavy (non-hydrogen) atoms. The van der Waals surface area contributed by atoms with Crippen LogP contribution in [-0.2, 0) is 47.0 Å². The molecular weight excluding hydrogens is 631 g/mol. The quantitative estimate of drug-likeness (QED) is 0.0405. The fourth-order valence-corrected chi connectivity index (χ4v) is 5.27. The summed E-state index contributed by atoms with van der Waals surface area (Å²) in [6.07, 6.45) is 16.9. The normalized spacial score (nSPS) is 13.1. The number of ether oxygens (including phenoxy) is 3. The number of nitrogens with two attached hydrogens (primary N) is 1. The average Bonchev–Trinajstić information content (AvgIpc) is 3.02. The molecule has 0 aromatic heterocycles. The number of esters is 2. The number of primary amides is 1. The summed E-state index contributed by atoms with van der Waals surface area (Å²) in [4.78, 5) is 57.3. The first-order valence-corrected chi connectivity index (χ1v) is 19.2. The van der Waals surface area contributed by atoms with E-state index in [0.29, 0.717) is 12.8 Å². The van der Waals surface area contributed by atoms with Gasteiger partial charge in [0.05, 0.1) is 26.4 Å². The zero-order valence-corrected chi connectivity index (χ0v) is 29.9. The Labute approximate surface area is 282 Å². The van der Waals surface area contributed by atoms with Crippen molar-refractivity contribution in [1.29, 1.82) is 0 Å². The maximum Gasteiger partial charge on any atom is 0.472 e. The van der Waals surface area contributed by atoms with Gasteiger partial charge in [-0.3, -0.25) is 28.2 Å². The molecule has 0 aliphatic rings. The minimum atomic E-state index is -4.56. The van der Waals surface area contributed by atoms with Gasteiger partial charge in [-0.05, 0) is 12.8 Å². The van der Waals surface area contributed by atoms with Gasteiger partial charge in [-0.1, -0.05) is 104 Å². The van der Waals surface area contributed by atoms with Crippen molar-refractivity contribution in [2.45, 2.75) is 148 Å². The molecule has 0 fully saturated rings. The lowest BCUT2D eigenvalue weighted by molar-refractivity contribution is -0.161. The maximum atomic E-state index is 12.4. The molecule has 0 aliphatic carbocycles. The highest BCUT2D eigenvalue weighted by atomic mass is 31.2. The molecule has 1 unspecified atom stereocenters. The van der Waals surface area contributed by atoms with Crippen LogP contribution in [0.2, 0.25) is 0 Å². The lowest BCUT2D eigenvalue weighted by Crippen LogP contribution is -2.30. The van der Waals surface area contributed by atoms with E-state index in [1.165, 1.54) is 44.9 Å². The highest BCUT2D eigenvalue weighted by molar-refractivity contribution is 7.47. The summed E-state index contributed by atoms with van der Waals surface area (Å²) in [6.45, 7) is 3.31. The van der Waals surface area contributed by atoms with E-state index >= 15 is 0 Å². The van der Waals surface area contributed by atoms with Crippen LogP contribution >= 0.6 is 7.82 Å². The molecule has 0 saturated carbocycles. The van der Waals surface area contributed by atoms with Gasteiger partial charge in [-0.15, -0.1) is 0 Å². The SMILES string of the molecule is CCCCCCCCCCCCCC(=O)OC[C@H](COP(=O)(O)OCCNC(=O)CCOCCC(N)=O)OC(=O)CCCCCCC. The van der Waals surface area contributed by atoms with Crippen molar-refractivity contribution in [1.82, 2.24) is 5.32 Å². The number of unbranched alkanes of at least 4 members (excludes halogenated alkanes) is 14. The molecule has 0 aliphatic heterocycles. The molecule has 0 aromatic carbocycles. The van der Waals surface area contributed by atoms with Crippen LogP contribution < -0.4 is 11.1 Å². The van der Waals surface area contributed by atoms with E-state index in [2.05, 4.69) is 19.2 Å². The fraction of sp³-hybridized carbons (Fsp3) is 0.879. The van der Waals surface area contributed by atoms with Crippen LogP contribution in [0.1, 0.15) is 142 Å². The molecule has 2 amide bonds. The number of phosphoric acid groups is 1. The molecule has 13 nitrogen and oxygen atoms in total. The molecule has 0 spiro atoms. The lowest BCUT2D eigenvalue weighted by atomic mass is 10.1. The molecule has 4 N–H and O–H groups in total. The summed E-state index contributed by atoms with van der Waals surface area (Å²) in [6, 6.07) is 0. The van der Waals surface area contributed by atoms with Crippen LogP contribution in [0.4, 0.5) is 0 Å². The van der Waals surface area contributed by atoms with E-state index in [-0.39, 0.29) is 64.6 Å². The highest BCUT2D eigenvalue weighted by Gasteiger charge is 2.26. The zero-order valence-electron chi connectivity index (χ0n) is 29.0. The molecule has 2 atom stereocenters. The number of hydrogen-bond donors (Lipinski definition) is 3. The van der Waals surface area contributed by atoms with Crippen LogP contribution in [-0.4, -0.2) is 74.3 Å². The summed E-state index contributed by atoms with van der Waals surface area (Å²) in [5, 5.41) is 2.50. The number of phosphoric ester groups is 1. The van der Waals surface area contributed by atoms with Crippen molar-refractivity contribution >= 4 is 31.6 Å². The first kappa shape index (κ1) is 45.0. The number of rotatable bonds is 34. The van der Waals surface area contributed by atoms with Gasteiger partial charge in [0.1, 0.15) is 6.61 Å². The number of hydrogen-bond acceptors (Lipinski definition) is 10. The van der Waals surface area contributed by atoms with Crippen molar-refractivity contribution in [3.8, 4) is 0 Å². The zero-order chi connectivity index (χ0) is 35.0. The smallest absolute Gasteiger partial charge is 0.462 e. The van der Waals surface area contributed by atoms with Crippen molar-refractivity contribution < 1.29 is 51.9 Å². The van der Waals surface area contributed by atoms with Gasteiger partial charge >= 0.3 is 19.8 Å². The van der Waals surface area contributed by atoms with Gasteiger partial charge in [0.25, 0.3) is 0 Å². The summed E-state index contributed by atoms with van der Waals surface area (Å²) >= 11 is 0. The highest BCUT2D eigenvalue weighted by Crippen LogP contribution is 2.43. The lowest BCUT2D eigenvalue weighted by Gasteiger charge is -2.20. The van der Waals surface area contributed by atoms with E-state index in [9.17, 15) is 28.6 Å². The summed E-state index contributed by atoms with van der Waals surface area (Å²) in [7, 11) is -4.56. The Hall–Kier alpha value is -2.05. The minimum Gasteiger partial charge on any atom is -0.462 e. The van der Waals surface area contributed by atoms with E-state index < -0.39 is 38.4 Å². The molecule has 276 valence electrons. The van der Waals surface area contributed by atoms with Gasteiger partial charge in [0.2, 0.25) is 11.8 Å². The average molecular weight is 695 g/mol. The standard InChI is InChI=1S/C33H63N2O11P/c1-3-5-7-9-10-11-12-13-14-16-17-19-32(38)43-27-29(46-33(39)20-18-15-8-6-4-2)28-45-47(40,41)44-26-23-35-31(37)22-25-42-24-21-30(34)36/h29H,3-28H2,1-2H3,(H2,34,36)(H,35,37)(H,40,41)/t29-/m1/s1. The molecule has 0 aromatic rings. The number of amides is 2. The largest absolute Gasteiger partial charge is 0.472 e. The minimum absolute atomic E-state index is 0.0235. The molecular formula is C33H63N2O11P. The molecule has 0 rings (SSSR count).